The van der Waals surface area contributed by atoms with Crippen molar-refractivity contribution in [1.82, 2.24) is 14.8 Å². The molecule has 0 radical (unpaired) electrons. The molecule has 140 valence electrons. The molecule has 0 aliphatic heterocycles. The molecule has 0 bridgehead atoms. The molecule has 3 aromatic rings. The quantitative estimate of drug-likeness (QED) is 0.640. The standard InChI is InChI=1S/C19H16F3N3O2/c1-12-8-13(2)25(24-12)17-7-6-15(10-23-17)18(26)27-11-14-4-3-5-16(9-14)19(20,21)22/h3-10H,11H2,1-2H3. The minimum Gasteiger partial charge on any atom is -0.457 e. The summed E-state index contributed by atoms with van der Waals surface area (Å²) in [5.74, 6) is -0.116. The molecular formula is C19H16F3N3O2. The van der Waals surface area contributed by atoms with Crippen molar-refractivity contribution in [2.24, 2.45) is 0 Å². The Morgan fingerprint density at radius 2 is 1.93 bits per heavy atom. The van der Waals surface area contributed by atoms with E-state index in [0.717, 1.165) is 23.5 Å². The number of alkyl halides is 3. The van der Waals surface area contributed by atoms with Crippen LogP contribution in [0.4, 0.5) is 13.2 Å². The van der Waals surface area contributed by atoms with Crippen molar-refractivity contribution < 1.29 is 22.7 Å². The number of pyridine rings is 1. The third kappa shape index (κ3) is 4.33. The fourth-order valence-electron chi connectivity index (χ4n) is 2.56. The Balaban J connectivity index is 1.67. The van der Waals surface area contributed by atoms with Gasteiger partial charge in [-0.3, -0.25) is 0 Å². The highest BCUT2D eigenvalue weighted by molar-refractivity contribution is 5.89. The van der Waals surface area contributed by atoms with Crippen molar-refractivity contribution in [2.75, 3.05) is 0 Å². The van der Waals surface area contributed by atoms with Crippen molar-refractivity contribution in [3.05, 3.63) is 76.7 Å². The number of carbonyl (C=O) groups excluding carboxylic acids is 1. The summed E-state index contributed by atoms with van der Waals surface area (Å²) in [5, 5.41) is 4.31. The van der Waals surface area contributed by atoms with E-state index in [-0.39, 0.29) is 17.7 Å². The molecule has 0 atom stereocenters. The van der Waals surface area contributed by atoms with Crippen molar-refractivity contribution in [3.8, 4) is 5.82 Å². The molecule has 8 heteroatoms. The number of hydrogen-bond acceptors (Lipinski definition) is 4. The molecule has 0 aliphatic carbocycles. The second-order valence-electron chi connectivity index (χ2n) is 6.02. The van der Waals surface area contributed by atoms with Crippen LogP contribution in [0.1, 0.15) is 32.9 Å². The van der Waals surface area contributed by atoms with E-state index in [1.807, 2.05) is 19.9 Å². The molecule has 0 unspecified atom stereocenters. The van der Waals surface area contributed by atoms with E-state index in [1.165, 1.54) is 24.4 Å². The number of rotatable bonds is 4. The summed E-state index contributed by atoms with van der Waals surface area (Å²) >= 11 is 0. The third-order valence-corrected chi connectivity index (χ3v) is 3.83. The van der Waals surface area contributed by atoms with Gasteiger partial charge in [0.1, 0.15) is 6.61 Å². The largest absolute Gasteiger partial charge is 0.457 e. The van der Waals surface area contributed by atoms with Gasteiger partial charge in [-0.25, -0.2) is 14.5 Å². The van der Waals surface area contributed by atoms with Crippen LogP contribution in [0.25, 0.3) is 5.82 Å². The number of aromatic nitrogens is 3. The van der Waals surface area contributed by atoms with Crippen molar-refractivity contribution in [2.45, 2.75) is 26.6 Å². The Kier molecular flexibility index (Phi) is 4.98. The number of carbonyl (C=O) groups is 1. The molecule has 5 nitrogen and oxygen atoms in total. The zero-order valence-corrected chi connectivity index (χ0v) is 14.6. The van der Waals surface area contributed by atoms with E-state index in [1.54, 1.807) is 10.7 Å². The van der Waals surface area contributed by atoms with Crippen LogP contribution < -0.4 is 0 Å². The highest BCUT2D eigenvalue weighted by atomic mass is 19.4. The Labute approximate surface area is 153 Å². The number of benzene rings is 1. The van der Waals surface area contributed by atoms with Crippen LogP contribution >= 0.6 is 0 Å². The molecule has 2 heterocycles. The number of halogens is 3. The second kappa shape index (κ2) is 7.22. The lowest BCUT2D eigenvalue weighted by atomic mass is 10.1. The molecule has 0 fully saturated rings. The molecule has 0 saturated heterocycles. The molecule has 3 rings (SSSR count). The van der Waals surface area contributed by atoms with Gasteiger partial charge < -0.3 is 4.74 Å². The summed E-state index contributed by atoms with van der Waals surface area (Å²) in [4.78, 5) is 16.3. The summed E-state index contributed by atoms with van der Waals surface area (Å²) in [7, 11) is 0. The molecule has 0 spiro atoms. The molecule has 1 aromatic carbocycles. The summed E-state index contributed by atoms with van der Waals surface area (Å²) in [6, 6.07) is 9.72. The molecule has 0 N–H and O–H groups in total. The topological polar surface area (TPSA) is 57.0 Å². The van der Waals surface area contributed by atoms with Gasteiger partial charge in [0.15, 0.2) is 5.82 Å². The van der Waals surface area contributed by atoms with Crippen molar-refractivity contribution in [3.63, 3.8) is 0 Å². The minimum atomic E-state index is -4.44. The van der Waals surface area contributed by atoms with Crippen LogP contribution in [0, 0.1) is 13.8 Å². The fraction of sp³-hybridized carbons (Fsp3) is 0.211. The monoisotopic (exact) mass is 375 g/mol. The lowest BCUT2D eigenvalue weighted by Gasteiger charge is -2.09. The number of hydrogen-bond donors (Lipinski definition) is 0. The maximum atomic E-state index is 12.7. The number of nitrogens with zero attached hydrogens (tertiary/aromatic N) is 3. The Bertz CT molecular complexity index is 963. The summed E-state index contributed by atoms with van der Waals surface area (Å²) in [6.45, 7) is 3.49. The molecule has 0 amide bonds. The molecule has 2 aromatic heterocycles. The first kappa shape index (κ1) is 18.6. The van der Waals surface area contributed by atoms with Crippen molar-refractivity contribution >= 4 is 5.97 Å². The van der Waals surface area contributed by atoms with E-state index in [0.29, 0.717) is 5.82 Å². The maximum Gasteiger partial charge on any atom is 0.416 e. The van der Waals surface area contributed by atoms with Gasteiger partial charge in [-0.05, 0) is 49.7 Å². The molecule has 0 saturated carbocycles. The van der Waals surface area contributed by atoms with E-state index >= 15 is 0 Å². The summed E-state index contributed by atoms with van der Waals surface area (Å²) in [5.41, 5.74) is 1.42. The first-order valence-corrected chi connectivity index (χ1v) is 8.07. The van der Waals surface area contributed by atoms with Gasteiger partial charge >= 0.3 is 12.1 Å². The van der Waals surface area contributed by atoms with E-state index in [2.05, 4.69) is 10.1 Å². The van der Waals surface area contributed by atoms with Gasteiger partial charge in [-0.2, -0.15) is 18.3 Å². The van der Waals surface area contributed by atoms with Gasteiger partial charge in [-0.15, -0.1) is 0 Å². The SMILES string of the molecule is Cc1cc(C)n(-c2ccc(C(=O)OCc3cccc(C(F)(F)F)c3)cn2)n1. The first-order chi connectivity index (χ1) is 12.7. The maximum absolute atomic E-state index is 12.7. The lowest BCUT2D eigenvalue weighted by Crippen LogP contribution is -2.09. The van der Waals surface area contributed by atoms with Gasteiger partial charge in [0.2, 0.25) is 0 Å². The normalized spacial score (nSPS) is 11.4. The van der Waals surface area contributed by atoms with Crippen LogP contribution in [0.5, 0.6) is 0 Å². The second-order valence-corrected chi connectivity index (χ2v) is 6.02. The zero-order valence-electron chi connectivity index (χ0n) is 14.6. The summed E-state index contributed by atoms with van der Waals surface area (Å²) in [6.07, 6.45) is -3.09. The lowest BCUT2D eigenvalue weighted by molar-refractivity contribution is -0.137. The van der Waals surface area contributed by atoms with Crippen LogP contribution in [-0.4, -0.2) is 20.7 Å². The first-order valence-electron chi connectivity index (χ1n) is 8.07. The Morgan fingerprint density at radius 3 is 2.52 bits per heavy atom. The highest BCUT2D eigenvalue weighted by Crippen LogP contribution is 2.29. The van der Waals surface area contributed by atoms with Crippen LogP contribution in [0.15, 0.2) is 48.7 Å². The van der Waals surface area contributed by atoms with E-state index in [9.17, 15) is 18.0 Å². The van der Waals surface area contributed by atoms with Crippen LogP contribution in [-0.2, 0) is 17.5 Å². The number of esters is 1. The minimum absolute atomic E-state index is 0.201. The highest BCUT2D eigenvalue weighted by Gasteiger charge is 2.30. The summed E-state index contributed by atoms with van der Waals surface area (Å²) < 4.78 is 44.9. The van der Waals surface area contributed by atoms with Crippen LogP contribution in [0.3, 0.4) is 0 Å². The van der Waals surface area contributed by atoms with Crippen LogP contribution in [0.2, 0.25) is 0 Å². The molecular weight excluding hydrogens is 359 g/mol. The average Bonchev–Trinajstić information content (AvgIpc) is 2.97. The van der Waals surface area contributed by atoms with Gasteiger partial charge in [0.25, 0.3) is 0 Å². The predicted octanol–water partition coefficient (Wildman–Crippen LogP) is 4.26. The smallest absolute Gasteiger partial charge is 0.416 e. The van der Waals surface area contributed by atoms with E-state index < -0.39 is 17.7 Å². The number of ether oxygens (including phenoxy) is 1. The van der Waals surface area contributed by atoms with Gasteiger partial charge in [0.05, 0.1) is 16.8 Å². The average molecular weight is 375 g/mol. The van der Waals surface area contributed by atoms with Crippen molar-refractivity contribution in [1.29, 1.82) is 0 Å². The molecule has 0 aliphatic rings. The third-order valence-electron chi connectivity index (χ3n) is 3.83. The Hall–Kier alpha value is -3.16. The van der Waals surface area contributed by atoms with E-state index in [4.69, 9.17) is 4.74 Å². The van der Waals surface area contributed by atoms with Gasteiger partial charge in [0, 0.05) is 11.9 Å². The Morgan fingerprint density at radius 1 is 1.15 bits per heavy atom. The zero-order chi connectivity index (χ0) is 19.6. The van der Waals surface area contributed by atoms with Gasteiger partial charge in [-0.1, -0.05) is 12.1 Å². The predicted molar refractivity (Wildman–Crippen MR) is 91.4 cm³/mol. The number of aryl methyl sites for hydroxylation is 2. The fourth-order valence-corrected chi connectivity index (χ4v) is 2.56. The molecule has 27 heavy (non-hydrogen) atoms.